The molecule has 0 unspecified atom stereocenters. The van der Waals surface area contributed by atoms with E-state index in [1.807, 2.05) is 24.3 Å². The average molecular weight is 292 g/mol. The number of benzene rings is 1. The first-order chi connectivity index (χ1) is 10.3. The van der Waals surface area contributed by atoms with Crippen molar-refractivity contribution in [1.82, 2.24) is 0 Å². The molecule has 4 nitrogen and oxygen atoms in total. The van der Waals surface area contributed by atoms with E-state index in [0.29, 0.717) is 6.61 Å². The van der Waals surface area contributed by atoms with Crippen molar-refractivity contribution in [3.05, 3.63) is 36.9 Å². The highest BCUT2D eigenvalue weighted by molar-refractivity contribution is 5.31. The summed E-state index contributed by atoms with van der Waals surface area (Å²) in [5.41, 5.74) is 0. The van der Waals surface area contributed by atoms with Gasteiger partial charge in [-0.3, -0.25) is 0 Å². The van der Waals surface area contributed by atoms with Crippen molar-refractivity contribution in [2.24, 2.45) is 0 Å². The summed E-state index contributed by atoms with van der Waals surface area (Å²) in [5, 5.41) is 0. The second kappa shape index (κ2) is 8.70. The van der Waals surface area contributed by atoms with Gasteiger partial charge in [-0.25, -0.2) is 0 Å². The molecule has 116 valence electrons. The highest BCUT2D eigenvalue weighted by atomic mass is 16.5. The second-order valence-electron chi connectivity index (χ2n) is 5.73. The highest BCUT2D eigenvalue weighted by Gasteiger charge is 2.18. The van der Waals surface area contributed by atoms with Gasteiger partial charge in [0, 0.05) is 6.42 Å². The molecule has 2 rings (SSSR count). The Labute approximate surface area is 127 Å². The molecule has 1 heterocycles. The van der Waals surface area contributed by atoms with Gasteiger partial charge in [-0.15, -0.1) is 0 Å². The molecule has 0 aromatic heterocycles. The van der Waals surface area contributed by atoms with Crippen LogP contribution < -0.4 is 19.3 Å². The quantitative estimate of drug-likeness (QED) is 0.496. The number of hydrogen-bond acceptors (Lipinski definition) is 2. The van der Waals surface area contributed by atoms with Crippen LogP contribution in [0.25, 0.3) is 0 Å². The highest BCUT2D eigenvalue weighted by Crippen LogP contribution is 2.17. The number of ether oxygens (including phenoxy) is 2. The molecule has 0 bridgehead atoms. The fraction of sp³-hybridized carbons (Fsp3) is 0.529. The molecule has 0 atom stereocenters. The Balaban J connectivity index is 1.61. The zero-order chi connectivity index (χ0) is 14.9. The molecular formula is C17H28N2O2+2. The van der Waals surface area contributed by atoms with Gasteiger partial charge in [0.05, 0.1) is 20.2 Å². The summed E-state index contributed by atoms with van der Waals surface area (Å²) in [7, 11) is 2.28. The van der Waals surface area contributed by atoms with Gasteiger partial charge in [-0.2, -0.15) is 0 Å². The van der Waals surface area contributed by atoms with E-state index in [9.17, 15) is 0 Å². The van der Waals surface area contributed by atoms with Crippen LogP contribution >= 0.6 is 0 Å². The lowest BCUT2D eigenvalue weighted by atomic mass is 10.3. The standard InChI is InChI=1S/C17H26N2O2/c1-3-14-20-16-5-7-17(8-6-16)21-15-4-9-19-12-10-18(2)11-13-19/h3,5-8H,1,4,9-15H2,2H3/p+2. The first-order valence-corrected chi connectivity index (χ1v) is 7.89. The first-order valence-electron chi connectivity index (χ1n) is 7.89. The number of piperazine rings is 1. The number of hydrogen-bond donors (Lipinski definition) is 2. The molecule has 0 saturated carbocycles. The lowest BCUT2D eigenvalue weighted by molar-refractivity contribution is -1.00. The molecule has 0 amide bonds. The number of rotatable bonds is 8. The second-order valence-corrected chi connectivity index (χ2v) is 5.73. The Morgan fingerprint density at radius 3 is 2.29 bits per heavy atom. The van der Waals surface area contributed by atoms with Gasteiger partial charge in [-0.05, 0) is 24.3 Å². The third-order valence-electron chi connectivity index (χ3n) is 3.95. The van der Waals surface area contributed by atoms with Crippen molar-refractivity contribution in [3.63, 3.8) is 0 Å². The summed E-state index contributed by atoms with van der Waals surface area (Å²) in [6.07, 6.45) is 2.86. The summed E-state index contributed by atoms with van der Waals surface area (Å²) in [5.74, 6) is 1.77. The predicted octanol–water partition coefficient (Wildman–Crippen LogP) is -0.566. The van der Waals surface area contributed by atoms with Crippen molar-refractivity contribution in [3.8, 4) is 11.5 Å². The first kappa shape index (κ1) is 15.9. The zero-order valence-corrected chi connectivity index (χ0v) is 13.1. The van der Waals surface area contributed by atoms with Gasteiger partial charge in [0.1, 0.15) is 44.3 Å². The Hall–Kier alpha value is -1.52. The Bertz CT molecular complexity index is 411. The maximum atomic E-state index is 5.78. The van der Waals surface area contributed by atoms with Crippen molar-refractivity contribution in [1.29, 1.82) is 0 Å². The van der Waals surface area contributed by atoms with Crippen LogP contribution in [0.4, 0.5) is 0 Å². The third kappa shape index (κ3) is 5.78. The Morgan fingerprint density at radius 1 is 1.05 bits per heavy atom. The molecule has 21 heavy (non-hydrogen) atoms. The molecule has 1 aromatic carbocycles. The molecule has 1 aliphatic heterocycles. The number of likely N-dealkylation sites (N-methyl/N-ethyl adjacent to an activating group) is 1. The van der Waals surface area contributed by atoms with E-state index < -0.39 is 0 Å². The molecule has 0 radical (unpaired) electrons. The van der Waals surface area contributed by atoms with Crippen molar-refractivity contribution in [2.45, 2.75) is 6.42 Å². The van der Waals surface area contributed by atoms with Crippen molar-refractivity contribution < 1.29 is 19.3 Å². The maximum Gasteiger partial charge on any atom is 0.127 e. The monoisotopic (exact) mass is 292 g/mol. The minimum atomic E-state index is 0.537. The van der Waals surface area contributed by atoms with Crippen LogP contribution in [-0.2, 0) is 0 Å². The van der Waals surface area contributed by atoms with E-state index >= 15 is 0 Å². The smallest absolute Gasteiger partial charge is 0.127 e. The fourth-order valence-corrected chi connectivity index (χ4v) is 2.58. The topological polar surface area (TPSA) is 27.3 Å². The summed E-state index contributed by atoms with van der Waals surface area (Å²) >= 11 is 0. The lowest BCUT2D eigenvalue weighted by Crippen LogP contribution is -3.27. The molecule has 2 N–H and O–H groups in total. The normalized spacial score (nSPS) is 21.8. The van der Waals surface area contributed by atoms with Crippen LogP contribution in [-0.4, -0.2) is 53.0 Å². The molecule has 1 fully saturated rings. The summed E-state index contributed by atoms with van der Waals surface area (Å²) < 4.78 is 11.2. The van der Waals surface area contributed by atoms with Gasteiger partial charge in [-0.1, -0.05) is 12.7 Å². The minimum absolute atomic E-state index is 0.537. The van der Waals surface area contributed by atoms with Crippen LogP contribution in [0.5, 0.6) is 11.5 Å². The van der Waals surface area contributed by atoms with Crippen LogP contribution in [0.3, 0.4) is 0 Å². The molecule has 0 aliphatic carbocycles. The van der Waals surface area contributed by atoms with Crippen molar-refractivity contribution >= 4 is 0 Å². The van der Waals surface area contributed by atoms with Crippen molar-refractivity contribution in [2.75, 3.05) is 53.0 Å². The SMILES string of the molecule is C=CCOc1ccc(OCCC[NH+]2CC[NH+](C)CC2)cc1. The van der Waals surface area contributed by atoms with Gasteiger partial charge >= 0.3 is 0 Å². The van der Waals surface area contributed by atoms with Crippen LogP contribution in [0.2, 0.25) is 0 Å². The zero-order valence-electron chi connectivity index (χ0n) is 13.1. The summed E-state index contributed by atoms with van der Waals surface area (Å²) in [6.45, 7) is 11.4. The van der Waals surface area contributed by atoms with E-state index in [1.165, 1.54) is 32.7 Å². The van der Waals surface area contributed by atoms with E-state index in [2.05, 4.69) is 13.6 Å². The Kier molecular flexibility index (Phi) is 6.57. The molecule has 1 aromatic rings. The maximum absolute atomic E-state index is 5.78. The summed E-state index contributed by atoms with van der Waals surface area (Å²) in [4.78, 5) is 3.38. The van der Waals surface area contributed by atoms with Gasteiger partial charge < -0.3 is 19.3 Å². The molecule has 1 saturated heterocycles. The number of quaternary nitrogens is 2. The third-order valence-corrected chi connectivity index (χ3v) is 3.95. The molecular weight excluding hydrogens is 264 g/mol. The van der Waals surface area contributed by atoms with E-state index in [0.717, 1.165) is 24.5 Å². The number of nitrogens with one attached hydrogen (secondary N) is 2. The summed E-state index contributed by atoms with van der Waals surface area (Å²) in [6, 6.07) is 7.80. The Morgan fingerprint density at radius 2 is 1.67 bits per heavy atom. The van der Waals surface area contributed by atoms with Gasteiger partial charge in [0.2, 0.25) is 0 Å². The molecule has 0 spiro atoms. The van der Waals surface area contributed by atoms with Crippen LogP contribution in [0.1, 0.15) is 6.42 Å². The van der Waals surface area contributed by atoms with Crippen LogP contribution in [0, 0.1) is 0 Å². The largest absolute Gasteiger partial charge is 0.493 e. The van der Waals surface area contributed by atoms with E-state index in [1.54, 1.807) is 15.9 Å². The fourth-order valence-electron chi connectivity index (χ4n) is 2.58. The van der Waals surface area contributed by atoms with E-state index in [-0.39, 0.29) is 0 Å². The lowest BCUT2D eigenvalue weighted by Gasteiger charge is -2.27. The van der Waals surface area contributed by atoms with Gasteiger partial charge in [0.15, 0.2) is 0 Å². The van der Waals surface area contributed by atoms with Crippen LogP contribution in [0.15, 0.2) is 36.9 Å². The molecule has 4 heteroatoms. The predicted molar refractivity (Wildman–Crippen MR) is 84.4 cm³/mol. The average Bonchev–Trinajstić information content (AvgIpc) is 2.52. The van der Waals surface area contributed by atoms with E-state index in [4.69, 9.17) is 9.47 Å². The minimum Gasteiger partial charge on any atom is -0.493 e. The van der Waals surface area contributed by atoms with Gasteiger partial charge in [0.25, 0.3) is 0 Å². The molecule has 1 aliphatic rings.